The summed E-state index contributed by atoms with van der Waals surface area (Å²) in [6, 6.07) is 0. The first-order valence-electron chi connectivity index (χ1n) is 7.18. The van der Waals surface area contributed by atoms with Crippen molar-refractivity contribution in [2.24, 2.45) is 28.9 Å². The lowest BCUT2D eigenvalue weighted by molar-refractivity contribution is 0.250. The predicted molar refractivity (Wildman–Crippen MR) is 78.1 cm³/mol. The molecule has 0 aromatic rings. The minimum Gasteiger partial charge on any atom is -0.330 e. The van der Waals surface area contributed by atoms with Gasteiger partial charge in [0.05, 0.1) is 0 Å². The van der Waals surface area contributed by atoms with Crippen LogP contribution in [0.1, 0.15) is 54.4 Å². The highest BCUT2D eigenvalue weighted by atomic mass is 14.9. The Morgan fingerprint density at radius 1 is 1.12 bits per heavy atom. The molecule has 0 aromatic carbocycles. The van der Waals surface area contributed by atoms with E-state index < -0.39 is 0 Å². The van der Waals surface area contributed by atoms with Gasteiger partial charge < -0.3 is 11.1 Å². The average molecular weight is 242 g/mol. The zero-order valence-corrected chi connectivity index (χ0v) is 12.8. The number of hydrogen-bond acceptors (Lipinski definition) is 2. The molecule has 17 heavy (non-hydrogen) atoms. The summed E-state index contributed by atoms with van der Waals surface area (Å²) in [4.78, 5) is 0. The maximum Gasteiger partial charge on any atom is -0.00182 e. The smallest absolute Gasteiger partial charge is 0.00182 e. The SMILES string of the molecule is CC(C)CC(CN)CCNCC(C)C(C)(C)C. The molecule has 2 unspecified atom stereocenters. The first-order chi connectivity index (χ1) is 7.77. The Morgan fingerprint density at radius 2 is 1.71 bits per heavy atom. The van der Waals surface area contributed by atoms with Gasteiger partial charge in [-0.25, -0.2) is 0 Å². The van der Waals surface area contributed by atoms with Crippen LogP contribution in [0.3, 0.4) is 0 Å². The maximum absolute atomic E-state index is 5.80. The van der Waals surface area contributed by atoms with Crippen LogP contribution in [-0.2, 0) is 0 Å². The first-order valence-corrected chi connectivity index (χ1v) is 7.18. The van der Waals surface area contributed by atoms with Gasteiger partial charge in [-0.1, -0.05) is 41.5 Å². The highest BCUT2D eigenvalue weighted by molar-refractivity contribution is 4.72. The van der Waals surface area contributed by atoms with Crippen LogP contribution < -0.4 is 11.1 Å². The average Bonchev–Trinajstić information content (AvgIpc) is 2.20. The van der Waals surface area contributed by atoms with Gasteiger partial charge in [0.15, 0.2) is 0 Å². The lowest BCUT2D eigenvalue weighted by Crippen LogP contribution is -2.31. The van der Waals surface area contributed by atoms with E-state index in [0.29, 0.717) is 17.3 Å². The van der Waals surface area contributed by atoms with Gasteiger partial charge in [-0.05, 0) is 55.6 Å². The van der Waals surface area contributed by atoms with Crippen LogP contribution in [0, 0.1) is 23.2 Å². The van der Waals surface area contributed by atoms with E-state index in [9.17, 15) is 0 Å². The van der Waals surface area contributed by atoms with E-state index in [2.05, 4.69) is 46.9 Å². The Labute approximate surface area is 109 Å². The zero-order chi connectivity index (χ0) is 13.5. The highest BCUT2D eigenvalue weighted by Crippen LogP contribution is 2.24. The Kier molecular flexibility index (Phi) is 8.06. The molecule has 0 bridgehead atoms. The summed E-state index contributed by atoms with van der Waals surface area (Å²) < 4.78 is 0. The van der Waals surface area contributed by atoms with E-state index in [4.69, 9.17) is 5.73 Å². The van der Waals surface area contributed by atoms with Crippen molar-refractivity contribution in [3.63, 3.8) is 0 Å². The third kappa shape index (κ3) is 8.62. The van der Waals surface area contributed by atoms with Crippen LogP contribution >= 0.6 is 0 Å². The predicted octanol–water partition coefficient (Wildman–Crippen LogP) is 3.27. The van der Waals surface area contributed by atoms with Gasteiger partial charge in [-0.15, -0.1) is 0 Å². The molecule has 104 valence electrons. The second-order valence-corrected chi connectivity index (χ2v) is 6.99. The minimum atomic E-state index is 0.401. The number of nitrogens with two attached hydrogens (primary N) is 1. The van der Waals surface area contributed by atoms with Crippen molar-refractivity contribution >= 4 is 0 Å². The molecule has 0 saturated carbocycles. The fraction of sp³-hybridized carbons (Fsp3) is 1.00. The summed E-state index contributed by atoms with van der Waals surface area (Å²) in [6.45, 7) is 16.8. The second kappa shape index (κ2) is 8.10. The molecule has 0 saturated heterocycles. The van der Waals surface area contributed by atoms with Crippen LogP contribution in [0.2, 0.25) is 0 Å². The van der Waals surface area contributed by atoms with Crippen LogP contribution in [0.15, 0.2) is 0 Å². The van der Waals surface area contributed by atoms with Crippen molar-refractivity contribution in [1.82, 2.24) is 5.32 Å². The zero-order valence-electron chi connectivity index (χ0n) is 12.8. The van der Waals surface area contributed by atoms with Crippen molar-refractivity contribution in [2.75, 3.05) is 19.6 Å². The molecular formula is C15H34N2. The maximum atomic E-state index is 5.80. The van der Waals surface area contributed by atoms with E-state index in [1.165, 1.54) is 12.8 Å². The summed E-state index contributed by atoms with van der Waals surface area (Å²) in [6.07, 6.45) is 2.47. The van der Waals surface area contributed by atoms with Gasteiger partial charge in [0.1, 0.15) is 0 Å². The third-order valence-electron chi connectivity index (χ3n) is 3.80. The second-order valence-electron chi connectivity index (χ2n) is 6.99. The summed E-state index contributed by atoms with van der Waals surface area (Å²) in [5.74, 6) is 2.16. The fourth-order valence-electron chi connectivity index (χ4n) is 1.93. The first kappa shape index (κ1) is 16.9. The van der Waals surface area contributed by atoms with Crippen LogP contribution in [0.4, 0.5) is 0 Å². The molecule has 3 N–H and O–H groups in total. The van der Waals surface area contributed by atoms with Crippen molar-refractivity contribution in [2.45, 2.75) is 54.4 Å². The summed E-state index contributed by atoms with van der Waals surface area (Å²) in [7, 11) is 0. The van der Waals surface area contributed by atoms with Gasteiger partial charge in [0.2, 0.25) is 0 Å². The molecule has 0 spiro atoms. The van der Waals surface area contributed by atoms with Gasteiger partial charge in [0, 0.05) is 0 Å². The van der Waals surface area contributed by atoms with E-state index in [-0.39, 0.29) is 0 Å². The molecular weight excluding hydrogens is 208 g/mol. The van der Waals surface area contributed by atoms with Crippen molar-refractivity contribution < 1.29 is 0 Å². The lowest BCUT2D eigenvalue weighted by Gasteiger charge is -2.27. The lowest BCUT2D eigenvalue weighted by atomic mass is 9.82. The van der Waals surface area contributed by atoms with Gasteiger partial charge >= 0.3 is 0 Å². The van der Waals surface area contributed by atoms with Crippen molar-refractivity contribution in [3.8, 4) is 0 Å². The summed E-state index contributed by atoms with van der Waals surface area (Å²) in [5, 5.41) is 3.57. The van der Waals surface area contributed by atoms with Crippen molar-refractivity contribution in [1.29, 1.82) is 0 Å². The van der Waals surface area contributed by atoms with E-state index in [1.54, 1.807) is 0 Å². The molecule has 2 nitrogen and oxygen atoms in total. The molecule has 0 heterocycles. The third-order valence-corrected chi connectivity index (χ3v) is 3.80. The highest BCUT2D eigenvalue weighted by Gasteiger charge is 2.19. The van der Waals surface area contributed by atoms with Gasteiger partial charge in [0.25, 0.3) is 0 Å². The number of rotatable bonds is 8. The molecule has 0 amide bonds. The molecule has 0 rings (SSSR count). The Balaban J connectivity index is 3.69. The number of hydrogen-bond donors (Lipinski definition) is 2. The van der Waals surface area contributed by atoms with E-state index >= 15 is 0 Å². The van der Waals surface area contributed by atoms with Crippen molar-refractivity contribution in [3.05, 3.63) is 0 Å². The summed E-state index contributed by atoms with van der Waals surface area (Å²) in [5.41, 5.74) is 6.21. The summed E-state index contributed by atoms with van der Waals surface area (Å²) >= 11 is 0. The molecule has 0 aliphatic carbocycles. The Hall–Kier alpha value is -0.0800. The molecule has 2 atom stereocenters. The van der Waals surface area contributed by atoms with E-state index in [1.807, 2.05) is 0 Å². The molecule has 0 aliphatic rings. The molecule has 0 radical (unpaired) electrons. The fourth-order valence-corrected chi connectivity index (χ4v) is 1.93. The Morgan fingerprint density at radius 3 is 2.12 bits per heavy atom. The quantitative estimate of drug-likeness (QED) is 0.641. The van der Waals surface area contributed by atoms with E-state index in [0.717, 1.165) is 25.6 Å². The van der Waals surface area contributed by atoms with Crippen LogP contribution in [0.5, 0.6) is 0 Å². The molecule has 0 aromatic heterocycles. The minimum absolute atomic E-state index is 0.401. The molecule has 0 aliphatic heterocycles. The van der Waals surface area contributed by atoms with Gasteiger partial charge in [-0.3, -0.25) is 0 Å². The standard InChI is InChI=1S/C15H34N2/c1-12(2)9-14(10-16)7-8-17-11-13(3)15(4,5)6/h12-14,17H,7-11,16H2,1-6H3. The monoisotopic (exact) mass is 242 g/mol. The van der Waals surface area contributed by atoms with Crippen LogP contribution in [0.25, 0.3) is 0 Å². The van der Waals surface area contributed by atoms with Gasteiger partial charge in [-0.2, -0.15) is 0 Å². The van der Waals surface area contributed by atoms with Crippen LogP contribution in [-0.4, -0.2) is 19.6 Å². The largest absolute Gasteiger partial charge is 0.330 e. The Bertz CT molecular complexity index is 182. The normalized spacial score (nSPS) is 16.2. The number of nitrogens with one attached hydrogen (secondary N) is 1. The topological polar surface area (TPSA) is 38.0 Å². The molecule has 2 heteroatoms. The molecule has 0 fully saturated rings.